The highest BCUT2D eigenvalue weighted by molar-refractivity contribution is 5.95. The van der Waals surface area contributed by atoms with Gasteiger partial charge < -0.3 is 4.74 Å². The Balaban J connectivity index is 1.42. The molecule has 0 saturated carbocycles. The molecule has 0 saturated heterocycles. The molecule has 0 unspecified atom stereocenters. The largest absolute Gasteiger partial charge is 0.357 e. The molecule has 6 heteroatoms. The molecule has 40 heavy (non-hydrogen) atoms. The SMILES string of the molecule is O=C(c1ccccc1)n1c(=O)ccn(C/C=C\COC(c2ccccc2)(c2ccccc2)c2ccccc2)c1=O. The molecule has 0 fully saturated rings. The van der Waals surface area contributed by atoms with Crippen LogP contribution < -0.4 is 11.2 Å². The van der Waals surface area contributed by atoms with Gasteiger partial charge >= 0.3 is 5.69 Å². The highest BCUT2D eigenvalue weighted by Gasteiger charge is 2.37. The van der Waals surface area contributed by atoms with Crippen molar-refractivity contribution in [1.82, 2.24) is 9.13 Å². The Morgan fingerprint density at radius 2 is 1.12 bits per heavy atom. The lowest BCUT2D eigenvalue weighted by Crippen LogP contribution is -2.43. The lowest BCUT2D eigenvalue weighted by molar-refractivity contribution is 0.0318. The first kappa shape index (κ1) is 26.5. The molecule has 4 aromatic carbocycles. The van der Waals surface area contributed by atoms with Crippen LogP contribution in [0.15, 0.2) is 155 Å². The van der Waals surface area contributed by atoms with Gasteiger partial charge in [0.15, 0.2) is 0 Å². The second-order valence-electron chi connectivity index (χ2n) is 9.16. The number of nitrogens with zero attached hydrogens (tertiary/aromatic N) is 2. The fourth-order valence-electron chi connectivity index (χ4n) is 4.75. The number of hydrogen-bond donors (Lipinski definition) is 0. The normalized spacial score (nSPS) is 11.5. The van der Waals surface area contributed by atoms with Gasteiger partial charge in [-0.2, -0.15) is 4.57 Å². The summed E-state index contributed by atoms with van der Waals surface area (Å²) in [6, 6.07) is 39.7. The van der Waals surface area contributed by atoms with Gasteiger partial charge in [-0.1, -0.05) is 121 Å². The van der Waals surface area contributed by atoms with E-state index in [9.17, 15) is 14.4 Å². The van der Waals surface area contributed by atoms with E-state index in [1.165, 1.54) is 16.8 Å². The minimum absolute atomic E-state index is 0.166. The first-order chi connectivity index (χ1) is 19.6. The van der Waals surface area contributed by atoms with Crippen LogP contribution in [0.5, 0.6) is 0 Å². The van der Waals surface area contributed by atoms with E-state index in [1.54, 1.807) is 36.4 Å². The van der Waals surface area contributed by atoms with Crippen LogP contribution in [0, 0.1) is 0 Å². The molecule has 0 aliphatic heterocycles. The van der Waals surface area contributed by atoms with Crippen LogP contribution in [0.25, 0.3) is 0 Å². The number of aromatic nitrogens is 2. The van der Waals surface area contributed by atoms with E-state index in [-0.39, 0.29) is 18.7 Å². The summed E-state index contributed by atoms with van der Waals surface area (Å²) in [5.41, 5.74) is 1.01. The van der Waals surface area contributed by atoms with E-state index >= 15 is 0 Å². The van der Waals surface area contributed by atoms with Crippen LogP contribution in [-0.4, -0.2) is 21.6 Å². The van der Waals surface area contributed by atoms with E-state index in [0.29, 0.717) is 4.57 Å². The summed E-state index contributed by atoms with van der Waals surface area (Å²) in [5, 5.41) is 0. The Kier molecular flexibility index (Phi) is 8.09. The first-order valence-corrected chi connectivity index (χ1v) is 13.0. The molecule has 1 aromatic heterocycles. The van der Waals surface area contributed by atoms with Crippen LogP contribution in [0.4, 0.5) is 0 Å². The third kappa shape index (κ3) is 5.39. The van der Waals surface area contributed by atoms with Crippen molar-refractivity contribution in [3.05, 3.63) is 189 Å². The van der Waals surface area contributed by atoms with E-state index in [1.807, 2.05) is 60.7 Å². The molecule has 5 rings (SSSR count). The van der Waals surface area contributed by atoms with E-state index < -0.39 is 22.8 Å². The number of rotatable bonds is 9. The van der Waals surface area contributed by atoms with Crippen molar-refractivity contribution in [3.63, 3.8) is 0 Å². The zero-order valence-electron chi connectivity index (χ0n) is 21.8. The maximum atomic E-state index is 13.0. The van der Waals surface area contributed by atoms with Crippen molar-refractivity contribution in [2.75, 3.05) is 6.61 Å². The van der Waals surface area contributed by atoms with Gasteiger partial charge in [-0.3, -0.25) is 14.2 Å². The Morgan fingerprint density at radius 1 is 0.650 bits per heavy atom. The van der Waals surface area contributed by atoms with Crippen molar-refractivity contribution >= 4 is 5.91 Å². The third-order valence-electron chi connectivity index (χ3n) is 6.68. The Bertz CT molecular complexity index is 1610. The maximum Gasteiger partial charge on any atom is 0.338 e. The van der Waals surface area contributed by atoms with Gasteiger partial charge in [0.2, 0.25) is 0 Å². The Labute approximate surface area is 232 Å². The molecule has 0 radical (unpaired) electrons. The third-order valence-corrected chi connectivity index (χ3v) is 6.68. The van der Waals surface area contributed by atoms with Crippen LogP contribution >= 0.6 is 0 Å². The monoisotopic (exact) mass is 528 g/mol. The predicted octanol–water partition coefficient (Wildman–Crippen LogP) is 5.26. The molecular formula is C34H28N2O4. The van der Waals surface area contributed by atoms with Gasteiger partial charge in [-0.05, 0) is 28.8 Å². The highest BCUT2D eigenvalue weighted by Crippen LogP contribution is 2.40. The summed E-state index contributed by atoms with van der Waals surface area (Å²) in [6.45, 7) is 0.412. The number of carbonyl (C=O) groups is 1. The van der Waals surface area contributed by atoms with Gasteiger partial charge in [0, 0.05) is 24.4 Å². The van der Waals surface area contributed by atoms with Crippen molar-refractivity contribution in [1.29, 1.82) is 0 Å². The van der Waals surface area contributed by atoms with Crippen molar-refractivity contribution in [3.8, 4) is 0 Å². The van der Waals surface area contributed by atoms with Gasteiger partial charge in [0.1, 0.15) is 5.60 Å². The summed E-state index contributed by atoms with van der Waals surface area (Å²) in [7, 11) is 0. The number of hydrogen-bond acceptors (Lipinski definition) is 4. The summed E-state index contributed by atoms with van der Waals surface area (Å²) in [4.78, 5) is 38.3. The average Bonchev–Trinajstić information content (AvgIpc) is 3.02. The number of benzene rings is 4. The molecule has 0 spiro atoms. The second kappa shape index (κ2) is 12.2. The lowest BCUT2D eigenvalue weighted by atomic mass is 9.80. The van der Waals surface area contributed by atoms with E-state index in [4.69, 9.17) is 4.74 Å². The fraction of sp³-hybridized carbons (Fsp3) is 0.0882. The molecule has 6 nitrogen and oxygen atoms in total. The van der Waals surface area contributed by atoms with Crippen molar-refractivity contribution in [2.45, 2.75) is 12.1 Å². The second-order valence-corrected chi connectivity index (χ2v) is 9.16. The smallest absolute Gasteiger partial charge is 0.338 e. The molecule has 0 bridgehead atoms. The van der Waals surface area contributed by atoms with Gasteiger partial charge in [0.05, 0.1) is 6.61 Å². The first-order valence-electron chi connectivity index (χ1n) is 13.0. The number of carbonyl (C=O) groups excluding carboxylic acids is 1. The molecule has 0 N–H and O–H groups in total. The highest BCUT2D eigenvalue weighted by atomic mass is 16.5. The molecule has 0 amide bonds. The molecule has 0 atom stereocenters. The van der Waals surface area contributed by atoms with Crippen LogP contribution in [0.1, 0.15) is 27.0 Å². The summed E-state index contributed by atoms with van der Waals surface area (Å²) >= 11 is 0. The van der Waals surface area contributed by atoms with Crippen molar-refractivity contribution < 1.29 is 9.53 Å². The Morgan fingerprint density at radius 3 is 1.62 bits per heavy atom. The average molecular weight is 529 g/mol. The molecule has 1 heterocycles. The molecule has 0 aliphatic carbocycles. The standard InChI is InChI=1S/C34H28N2O4/c37-31-23-25-35(33(39)36(31)32(38)27-15-5-1-6-16-27)24-13-14-26-40-34(28-17-7-2-8-18-28,29-19-9-3-10-20-29)30-21-11-4-12-22-30/h1-23,25H,24,26H2/b14-13-. The van der Waals surface area contributed by atoms with Crippen LogP contribution in [0.2, 0.25) is 0 Å². The van der Waals surface area contributed by atoms with Gasteiger partial charge in [-0.25, -0.2) is 4.79 Å². The summed E-state index contributed by atoms with van der Waals surface area (Å²) in [5.74, 6) is -0.657. The van der Waals surface area contributed by atoms with E-state index in [2.05, 4.69) is 36.4 Å². The number of ether oxygens (including phenoxy) is 1. The van der Waals surface area contributed by atoms with Crippen molar-refractivity contribution in [2.24, 2.45) is 0 Å². The fourth-order valence-corrected chi connectivity index (χ4v) is 4.75. The summed E-state index contributed by atoms with van der Waals surface area (Å²) in [6.07, 6.45) is 5.02. The molecule has 198 valence electrons. The van der Waals surface area contributed by atoms with E-state index in [0.717, 1.165) is 16.7 Å². The van der Waals surface area contributed by atoms with Crippen LogP contribution in [-0.2, 0) is 16.9 Å². The predicted molar refractivity (Wildman–Crippen MR) is 155 cm³/mol. The topological polar surface area (TPSA) is 70.3 Å². The number of allylic oxidation sites excluding steroid dienone is 1. The zero-order chi connectivity index (χ0) is 27.8. The van der Waals surface area contributed by atoms with Gasteiger partial charge in [0.25, 0.3) is 11.5 Å². The molecule has 5 aromatic rings. The van der Waals surface area contributed by atoms with Gasteiger partial charge in [-0.15, -0.1) is 0 Å². The summed E-state index contributed by atoms with van der Waals surface area (Å²) < 4.78 is 8.69. The Hall–Kier alpha value is -5.07. The van der Waals surface area contributed by atoms with Crippen LogP contribution in [0.3, 0.4) is 0 Å². The quantitative estimate of drug-likeness (QED) is 0.193. The minimum atomic E-state index is -0.861. The lowest BCUT2D eigenvalue weighted by Gasteiger charge is -2.35. The minimum Gasteiger partial charge on any atom is -0.357 e. The zero-order valence-corrected chi connectivity index (χ0v) is 21.8. The maximum absolute atomic E-state index is 13.0. The molecule has 0 aliphatic rings. The molecular weight excluding hydrogens is 500 g/mol.